The van der Waals surface area contributed by atoms with Crippen molar-refractivity contribution in [1.82, 2.24) is 39.7 Å². The minimum atomic E-state index is -2.69. The van der Waals surface area contributed by atoms with E-state index in [4.69, 9.17) is 9.84 Å². The van der Waals surface area contributed by atoms with E-state index in [1.165, 1.54) is 5.56 Å². The maximum atomic E-state index is 15.6. The molecule has 0 bridgehead atoms. The van der Waals surface area contributed by atoms with Crippen LogP contribution in [0.3, 0.4) is 0 Å². The van der Waals surface area contributed by atoms with E-state index < -0.39 is 36.1 Å². The molecule has 0 aliphatic carbocycles. The summed E-state index contributed by atoms with van der Waals surface area (Å²) in [6, 6.07) is 10.5. The van der Waals surface area contributed by atoms with Crippen LogP contribution in [-0.2, 0) is 43.9 Å². The minimum Gasteiger partial charge on any atom is -0.381 e. The van der Waals surface area contributed by atoms with Crippen LogP contribution in [0, 0.1) is 11.8 Å². The third kappa shape index (κ3) is 8.64. The molecule has 5 fully saturated rings. The van der Waals surface area contributed by atoms with Crippen LogP contribution in [-0.4, -0.2) is 155 Å². The Balaban J connectivity index is 0.633. The van der Waals surface area contributed by atoms with Crippen molar-refractivity contribution in [2.24, 2.45) is 11.8 Å². The van der Waals surface area contributed by atoms with Crippen molar-refractivity contribution in [1.29, 1.82) is 0 Å². The van der Waals surface area contributed by atoms with Gasteiger partial charge in [0.25, 0.3) is 18.2 Å². The summed E-state index contributed by atoms with van der Waals surface area (Å²) in [7, 11) is 0. The van der Waals surface area contributed by atoms with Gasteiger partial charge in [0.2, 0.25) is 17.7 Å². The second-order valence-corrected chi connectivity index (χ2v) is 23.1. The Kier molecular flexibility index (Phi) is 12.7. The average molecular weight is 1040 g/mol. The van der Waals surface area contributed by atoms with Crippen molar-refractivity contribution in [2.75, 3.05) is 99.9 Å². The zero-order valence-electron chi connectivity index (χ0n) is 43.4. The van der Waals surface area contributed by atoms with Crippen LogP contribution in [0.5, 0.6) is 0 Å². The van der Waals surface area contributed by atoms with E-state index >= 15 is 8.78 Å². The van der Waals surface area contributed by atoms with Gasteiger partial charge in [-0.2, -0.15) is 5.10 Å². The van der Waals surface area contributed by atoms with Crippen molar-refractivity contribution in [3.8, 4) is 0 Å². The number of fused-ring (bicyclic) bond motifs is 5. The Hall–Kier alpha value is -6.31. The van der Waals surface area contributed by atoms with Crippen molar-refractivity contribution in [3.05, 3.63) is 87.9 Å². The Morgan fingerprint density at radius 1 is 0.776 bits per heavy atom. The predicted octanol–water partition coefficient (Wildman–Crippen LogP) is 6.29. The molecule has 0 saturated carbocycles. The molecule has 2 aromatic heterocycles. The molecular weight excluding hydrogens is 973 g/mol. The predicted molar refractivity (Wildman–Crippen MR) is 279 cm³/mol. The van der Waals surface area contributed by atoms with Gasteiger partial charge in [-0.1, -0.05) is 0 Å². The number of carbonyl (C=O) groups is 5. The summed E-state index contributed by atoms with van der Waals surface area (Å²) >= 11 is 0. The summed E-state index contributed by atoms with van der Waals surface area (Å²) in [6.45, 7) is 13.1. The summed E-state index contributed by atoms with van der Waals surface area (Å²) in [6.07, 6.45) is 9.66. The standard InChI is InChI=1S/C57H67F2N11O6/c1-35(71)66-22-13-46-44(31-66)53(62-70(46)39-14-23-76-24-15-39)67-17-2-3-38-25-49(43(52(58)59)27-48(38)67)68-34-57(45-8-16-60-28-50(45)68)32-64(33-57)30-36-9-18-63(19-10-36)29-37-11-20-65(21-12-37)40-4-5-41-42(26-40)56(75)69(55(41)74)47-6-7-51(72)61-54(47)73/h4-5,8,16,25-28,36-37,39,47,52H,2-3,6-7,9-15,17-24,29-34H2,1H3,(H,61,72,73). The zero-order chi connectivity index (χ0) is 52.0. The number of benzene rings is 2. The van der Waals surface area contributed by atoms with Gasteiger partial charge in [0.1, 0.15) is 6.04 Å². The topological polar surface area (TPSA) is 160 Å². The SMILES string of the molecule is CC(=O)N1CCc2c(c(N3CCCc4cc(N5CC6(CN(CC7CCN(CC8CCN(c9ccc%10c(c9)C(=O)N(C9CCC(=O)NC9=O)C%10=O)CC8)CC7)C6)c6ccncc65)c(C(F)F)cc43)nn2C2CCOCC2)C1. The molecule has 1 unspecified atom stereocenters. The number of aromatic nitrogens is 3. The largest absolute Gasteiger partial charge is 0.381 e. The summed E-state index contributed by atoms with van der Waals surface area (Å²) in [4.78, 5) is 82.9. The fourth-order valence-corrected chi connectivity index (χ4v) is 14.5. The van der Waals surface area contributed by atoms with Gasteiger partial charge in [-0.15, -0.1) is 0 Å². The van der Waals surface area contributed by atoms with Gasteiger partial charge in [-0.05, 0) is 130 Å². The van der Waals surface area contributed by atoms with Crippen molar-refractivity contribution in [2.45, 2.75) is 108 Å². The molecule has 19 heteroatoms. The van der Waals surface area contributed by atoms with Crippen molar-refractivity contribution in [3.63, 3.8) is 0 Å². The number of nitrogens with one attached hydrogen (secondary N) is 1. The van der Waals surface area contributed by atoms with E-state index in [-0.39, 0.29) is 35.8 Å². The average Bonchev–Trinajstić information content (AvgIpc) is 4.23. The van der Waals surface area contributed by atoms with E-state index in [9.17, 15) is 24.0 Å². The number of ether oxygens (including phenoxy) is 1. The zero-order valence-corrected chi connectivity index (χ0v) is 43.4. The smallest absolute Gasteiger partial charge is 0.265 e. The first-order chi connectivity index (χ1) is 36.9. The number of imide groups is 2. The van der Waals surface area contributed by atoms with Gasteiger partial charge >= 0.3 is 0 Å². The van der Waals surface area contributed by atoms with Crippen LogP contribution in [0.1, 0.15) is 126 Å². The number of nitrogens with zero attached hydrogens (tertiary/aromatic N) is 10. The number of amides is 5. The molecule has 0 radical (unpaired) electrons. The fraction of sp³-hybridized carbons (Fsp3) is 0.561. The number of aryl methyl sites for hydroxylation is 1. The van der Waals surface area contributed by atoms with Crippen LogP contribution in [0.25, 0.3) is 0 Å². The number of pyridine rings is 1. The Morgan fingerprint density at radius 3 is 2.28 bits per heavy atom. The number of piperidine rings is 3. The number of likely N-dealkylation sites (tertiary alicyclic amines) is 2. The first-order valence-corrected chi connectivity index (χ1v) is 27.8. The summed E-state index contributed by atoms with van der Waals surface area (Å²) in [5.41, 5.74) is 8.03. The highest BCUT2D eigenvalue weighted by Gasteiger charge is 2.52. The molecule has 1 N–H and O–H groups in total. The highest BCUT2D eigenvalue weighted by atomic mass is 19.3. The highest BCUT2D eigenvalue weighted by Crippen LogP contribution is 2.52. The van der Waals surface area contributed by atoms with Crippen LogP contribution >= 0.6 is 0 Å². The number of carbonyl (C=O) groups excluding carboxylic acids is 5. The maximum Gasteiger partial charge on any atom is 0.265 e. The first-order valence-electron chi connectivity index (χ1n) is 27.8. The number of alkyl halides is 2. The Bertz CT molecular complexity index is 2990. The van der Waals surface area contributed by atoms with Gasteiger partial charge in [0.15, 0.2) is 5.82 Å². The fourth-order valence-electron chi connectivity index (χ4n) is 14.5. The molecule has 5 saturated heterocycles. The van der Waals surface area contributed by atoms with Crippen molar-refractivity contribution >= 4 is 58.1 Å². The number of rotatable bonds is 10. The molecule has 4 aromatic rings. The monoisotopic (exact) mass is 1040 g/mol. The molecule has 76 heavy (non-hydrogen) atoms. The summed E-state index contributed by atoms with van der Waals surface area (Å²) in [5.74, 6) is 0.0110. The lowest BCUT2D eigenvalue weighted by molar-refractivity contribution is -0.136. The van der Waals surface area contributed by atoms with Gasteiger partial charge in [0, 0.05) is 132 Å². The molecule has 2 aromatic carbocycles. The molecule has 5 amide bonds. The van der Waals surface area contributed by atoms with Gasteiger partial charge in [-0.25, -0.2) is 8.78 Å². The molecule has 13 rings (SSSR count). The number of anilines is 5. The lowest BCUT2D eigenvalue weighted by atomic mass is 9.75. The van der Waals surface area contributed by atoms with E-state index in [0.717, 1.165) is 148 Å². The second-order valence-electron chi connectivity index (χ2n) is 23.1. The molecule has 1 spiro atoms. The molecule has 400 valence electrons. The molecule has 1 atom stereocenters. The van der Waals surface area contributed by atoms with Crippen LogP contribution in [0.15, 0.2) is 48.8 Å². The molecule has 9 aliphatic rings. The quantitative estimate of drug-likeness (QED) is 0.177. The van der Waals surface area contributed by atoms with E-state index in [0.29, 0.717) is 74.5 Å². The van der Waals surface area contributed by atoms with E-state index in [1.807, 2.05) is 29.4 Å². The third-order valence-electron chi connectivity index (χ3n) is 18.5. The number of hydrogen-bond donors (Lipinski definition) is 1. The number of hydrogen-bond acceptors (Lipinski definition) is 13. The molecular formula is C57H67F2N11O6. The van der Waals surface area contributed by atoms with Gasteiger partial charge < -0.3 is 34.1 Å². The summed E-state index contributed by atoms with van der Waals surface area (Å²) in [5, 5.41) is 7.55. The minimum absolute atomic E-state index is 0.0196. The normalized spacial score (nSPS) is 23.6. The maximum absolute atomic E-state index is 15.6. The van der Waals surface area contributed by atoms with Gasteiger partial charge in [-0.3, -0.25) is 43.9 Å². The second kappa shape index (κ2) is 19.6. The molecule has 9 aliphatic heterocycles. The van der Waals surface area contributed by atoms with Crippen molar-refractivity contribution < 1.29 is 37.5 Å². The van der Waals surface area contributed by atoms with Crippen LogP contribution in [0.2, 0.25) is 0 Å². The lowest BCUT2D eigenvalue weighted by Gasteiger charge is -2.50. The van der Waals surface area contributed by atoms with E-state index in [2.05, 4.69) is 45.5 Å². The lowest BCUT2D eigenvalue weighted by Crippen LogP contribution is -2.62. The Labute approximate surface area is 441 Å². The molecule has 17 nitrogen and oxygen atoms in total. The summed E-state index contributed by atoms with van der Waals surface area (Å²) < 4.78 is 39.1. The third-order valence-corrected chi connectivity index (χ3v) is 18.5. The molecule has 11 heterocycles. The first kappa shape index (κ1) is 49.3. The Morgan fingerprint density at radius 2 is 1.53 bits per heavy atom. The van der Waals surface area contributed by atoms with Gasteiger partial charge in [0.05, 0.1) is 41.3 Å². The highest BCUT2D eigenvalue weighted by molar-refractivity contribution is 6.23. The van der Waals surface area contributed by atoms with E-state index in [1.54, 1.807) is 25.1 Å². The van der Waals surface area contributed by atoms with Crippen LogP contribution < -0.4 is 20.0 Å². The van der Waals surface area contributed by atoms with Crippen LogP contribution in [0.4, 0.5) is 37.3 Å². The number of halogens is 2.